The maximum absolute atomic E-state index is 11.9. The van der Waals surface area contributed by atoms with Gasteiger partial charge >= 0.3 is 0 Å². The Balaban J connectivity index is 2.28. The van der Waals surface area contributed by atoms with Crippen LogP contribution >= 0.6 is 11.6 Å². The monoisotopic (exact) mass is 264 g/mol. The van der Waals surface area contributed by atoms with E-state index in [4.69, 9.17) is 16.0 Å². The quantitative estimate of drug-likeness (QED) is 0.865. The van der Waals surface area contributed by atoms with E-state index < -0.39 is 11.1 Å². The molecule has 6 heteroatoms. The Morgan fingerprint density at radius 1 is 1.33 bits per heavy atom. The molecule has 2 aromatic heterocycles. The zero-order chi connectivity index (χ0) is 13.1. The van der Waals surface area contributed by atoms with Crippen LogP contribution in [0.2, 0.25) is 0 Å². The van der Waals surface area contributed by atoms with Crippen LogP contribution in [0.15, 0.2) is 35.1 Å². The van der Waals surface area contributed by atoms with Crippen molar-refractivity contribution in [2.24, 2.45) is 0 Å². The average molecular weight is 265 g/mol. The van der Waals surface area contributed by atoms with Crippen molar-refractivity contribution in [3.63, 3.8) is 0 Å². The largest absolute Gasteiger partial charge is 0.469 e. The molecular formula is C12H9ClN2O3. The minimum absolute atomic E-state index is 0.128. The predicted molar refractivity (Wildman–Crippen MR) is 65.8 cm³/mol. The first-order valence-electron chi connectivity index (χ1n) is 5.10. The zero-order valence-electron chi connectivity index (χ0n) is 9.44. The summed E-state index contributed by atoms with van der Waals surface area (Å²) in [5, 5.41) is 1.84. The zero-order valence-corrected chi connectivity index (χ0v) is 10.2. The number of carbonyl (C=O) groups is 2. The third-order valence-corrected chi connectivity index (χ3v) is 2.56. The molecule has 0 aliphatic rings. The highest BCUT2D eigenvalue weighted by Crippen LogP contribution is 2.16. The molecule has 0 saturated heterocycles. The number of furan rings is 1. The SMILES string of the molecule is Cc1occc1C(=O)Nc1ncccc1C(=O)Cl. The van der Waals surface area contributed by atoms with E-state index in [1.807, 2.05) is 0 Å². The first-order valence-corrected chi connectivity index (χ1v) is 5.47. The van der Waals surface area contributed by atoms with Gasteiger partial charge in [-0.25, -0.2) is 4.98 Å². The van der Waals surface area contributed by atoms with E-state index in [0.717, 1.165) is 0 Å². The van der Waals surface area contributed by atoms with Crippen LogP contribution in [-0.4, -0.2) is 16.1 Å². The number of pyridine rings is 1. The average Bonchev–Trinajstić information content (AvgIpc) is 2.76. The van der Waals surface area contributed by atoms with Gasteiger partial charge in [-0.05, 0) is 36.7 Å². The Labute approximate surface area is 108 Å². The summed E-state index contributed by atoms with van der Waals surface area (Å²) >= 11 is 5.40. The number of aryl methyl sites for hydroxylation is 1. The van der Waals surface area contributed by atoms with Gasteiger partial charge in [0.15, 0.2) is 0 Å². The number of carbonyl (C=O) groups excluding carboxylic acids is 2. The van der Waals surface area contributed by atoms with Gasteiger partial charge in [0.2, 0.25) is 0 Å². The molecule has 2 aromatic rings. The molecule has 1 amide bonds. The molecule has 0 atom stereocenters. The number of nitrogens with one attached hydrogen (secondary N) is 1. The lowest BCUT2D eigenvalue weighted by molar-refractivity contribution is 0.102. The molecule has 0 aliphatic carbocycles. The fraction of sp³-hybridized carbons (Fsp3) is 0.0833. The third kappa shape index (κ3) is 2.41. The lowest BCUT2D eigenvalue weighted by Gasteiger charge is -2.06. The Morgan fingerprint density at radius 2 is 2.11 bits per heavy atom. The first-order chi connectivity index (χ1) is 8.59. The number of anilines is 1. The fourth-order valence-electron chi connectivity index (χ4n) is 1.46. The van der Waals surface area contributed by atoms with E-state index in [1.54, 1.807) is 13.0 Å². The second-order valence-electron chi connectivity index (χ2n) is 3.52. The molecule has 0 spiro atoms. The molecule has 0 aromatic carbocycles. The van der Waals surface area contributed by atoms with Crippen molar-refractivity contribution in [2.75, 3.05) is 5.32 Å². The van der Waals surface area contributed by atoms with Crippen LogP contribution in [0.4, 0.5) is 5.82 Å². The van der Waals surface area contributed by atoms with E-state index >= 15 is 0 Å². The Bertz CT molecular complexity index is 607. The van der Waals surface area contributed by atoms with Gasteiger partial charge in [0.1, 0.15) is 11.6 Å². The van der Waals surface area contributed by atoms with Crippen LogP contribution in [0.1, 0.15) is 26.5 Å². The summed E-state index contributed by atoms with van der Waals surface area (Å²) in [5.41, 5.74) is 0.530. The lowest BCUT2D eigenvalue weighted by atomic mass is 10.2. The molecule has 18 heavy (non-hydrogen) atoms. The van der Waals surface area contributed by atoms with Crippen molar-refractivity contribution in [3.8, 4) is 0 Å². The summed E-state index contributed by atoms with van der Waals surface area (Å²) in [7, 11) is 0. The van der Waals surface area contributed by atoms with Crippen LogP contribution in [0, 0.1) is 6.92 Å². The second-order valence-corrected chi connectivity index (χ2v) is 3.86. The highest BCUT2D eigenvalue weighted by atomic mass is 35.5. The van der Waals surface area contributed by atoms with Crippen molar-refractivity contribution in [1.82, 2.24) is 4.98 Å². The van der Waals surface area contributed by atoms with Crippen molar-refractivity contribution >= 4 is 28.6 Å². The number of aromatic nitrogens is 1. The molecule has 0 bridgehead atoms. The minimum Gasteiger partial charge on any atom is -0.469 e. The number of amides is 1. The van der Waals surface area contributed by atoms with Gasteiger partial charge in [-0.2, -0.15) is 0 Å². The fourth-order valence-corrected chi connectivity index (χ4v) is 1.61. The smallest absolute Gasteiger partial charge is 0.260 e. The summed E-state index contributed by atoms with van der Waals surface area (Å²) in [5.74, 6) is 0.212. The normalized spacial score (nSPS) is 10.1. The molecule has 0 saturated carbocycles. The van der Waals surface area contributed by atoms with Crippen molar-refractivity contribution < 1.29 is 14.0 Å². The third-order valence-electron chi connectivity index (χ3n) is 2.35. The first kappa shape index (κ1) is 12.3. The highest BCUT2D eigenvalue weighted by molar-refractivity contribution is 6.68. The summed E-state index contributed by atoms with van der Waals surface area (Å²) < 4.78 is 5.03. The molecule has 0 fully saturated rings. The van der Waals surface area contributed by atoms with Crippen LogP contribution in [0.5, 0.6) is 0 Å². The summed E-state index contributed by atoms with van der Waals surface area (Å²) in [6.07, 6.45) is 2.87. The molecule has 0 aliphatic heterocycles. The van der Waals surface area contributed by atoms with Gasteiger partial charge in [-0.1, -0.05) is 0 Å². The standard InChI is InChI=1S/C12H9ClN2O3/c1-7-8(4-6-18-7)12(17)15-11-9(10(13)16)3-2-5-14-11/h2-6H,1H3,(H,14,15,17). The topological polar surface area (TPSA) is 72.2 Å². The highest BCUT2D eigenvalue weighted by Gasteiger charge is 2.16. The molecule has 2 heterocycles. The lowest BCUT2D eigenvalue weighted by Crippen LogP contribution is -2.15. The molecule has 5 nitrogen and oxygen atoms in total. The van der Waals surface area contributed by atoms with E-state index in [2.05, 4.69) is 10.3 Å². The number of rotatable bonds is 3. The number of nitrogens with zero attached hydrogens (tertiary/aromatic N) is 1. The van der Waals surface area contributed by atoms with Gasteiger partial charge < -0.3 is 9.73 Å². The van der Waals surface area contributed by atoms with Crippen molar-refractivity contribution in [2.45, 2.75) is 6.92 Å². The van der Waals surface area contributed by atoms with Gasteiger partial charge in [-0.15, -0.1) is 0 Å². The number of halogens is 1. The molecular weight excluding hydrogens is 256 g/mol. The number of hydrogen-bond donors (Lipinski definition) is 1. The van der Waals surface area contributed by atoms with Crippen LogP contribution in [0.25, 0.3) is 0 Å². The molecule has 0 unspecified atom stereocenters. The molecule has 92 valence electrons. The summed E-state index contributed by atoms with van der Waals surface area (Å²) in [6, 6.07) is 4.59. The maximum atomic E-state index is 11.9. The summed E-state index contributed by atoms with van der Waals surface area (Å²) in [6.45, 7) is 1.67. The predicted octanol–water partition coefficient (Wildman–Crippen LogP) is 2.61. The van der Waals surface area contributed by atoms with Crippen LogP contribution in [0.3, 0.4) is 0 Å². The summed E-state index contributed by atoms with van der Waals surface area (Å²) in [4.78, 5) is 27.0. The molecule has 2 rings (SSSR count). The van der Waals surface area contributed by atoms with Crippen LogP contribution < -0.4 is 5.32 Å². The van der Waals surface area contributed by atoms with E-state index in [1.165, 1.54) is 24.6 Å². The van der Waals surface area contributed by atoms with Crippen molar-refractivity contribution in [3.05, 3.63) is 47.5 Å². The van der Waals surface area contributed by atoms with Gasteiger partial charge in [0.05, 0.1) is 17.4 Å². The molecule has 0 radical (unpaired) electrons. The second kappa shape index (κ2) is 5.01. The maximum Gasteiger partial charge on any atom is 0.260 e. The Morgan fingerprint density at radius 3 is 2.72 bits per heavy atom. The Hall–Kier alpha value is -2.14. The Kier molecular flexibility index (Phi) is 3.43. The number of hydrogen-bond acceptors (Lipinski definition) is 4. The van der Waals surface area contributed by atoms with Gasteiger partial charge in [0.25, 0.3) is 11.1 Å². The minimum atomic E-state index is -0.678. The van der Waals surface area contributed by atoms with E-state index in [0.29, 0.717) is 11.3 Å². The van der Waals surface area contributed by atoms with Crippen LogP contribution in [-0.2, 0) is 0 Å². The molecule has 1 N–H and O–H groups in total. The van der Waals surface area contributed by atoms with E-state index in [9.17, 15) is 9.59 Å². The van der Waals surface area contributed by atoms with Gasteiger partial charge in [-0.3, -0.25) is 9.59 Å². The van der Waals surface area contributed by atoms with E-state index in [-0.39, 0.29) is 11.4 Å². The van der Waals surface area contributed by atoms with Crippen molar-refractivity contribution in [1.29, 1.82) is 0 Å². The van der Waals surface area contributed by atoms with Gasteiger partial charge in [0, 0.05) is 6.20 Å².